The summed E-state index contributed by atoms with van der Waals surface area (Å²) in [5, 5.41) is 13.3. The third-order valence-electron chi connectivity index (χ3n) is 4.82. The zero-order chi connectivity index (χ0) is 15.2. The molecule has 0 saturated carbocycles. The van der Waals surface area contributed by atoms with Gasteiger partial charge in [-0.15, -0.1) is 15.3 Å². The Bertz CT molecular complexity index is 884. The zero-order valence-electron chi connectivity index (χ0n) is 12.6. The van der Waals surface area contributed by atoms with Crippen LogP contribution in [0.1, 0.15) is 12.8 Å². The van der Waals surface area contributed by atoms with E-state index in [4.69, 9.17) is 5.10 Å². The fraction of sp³-hybridized carbons (Fsp3) is 0.294. The molecule has 1 aliphatic heterocycles. The smallest absolute Gasteiger partial charge is 0.187 e. The molecule has 23 heavy (non-hydrogen) atoms. The molecular weight excluding hydrogens is 288 g/mol. The molecule has 2 atom stereocenters. The van der Waals surface area contributed by atoms with Crippen LogP contribution < -0.4 is 4.90 Å². The van der Waals surface area contributed by atoms with E-state index in [1.54, 1.807) is 12.4 Å². The summed E-state index contributed by atoms with van der Waals surface area (Å²) >= 11 is 0. The third kappa shape index (κ3) is 1.94. The minimum absolute atomic E-state index is 0.586. The molecule has 0 radical (unpaired) electrons. The van der Waals surface area contributed by atoms with E-state index >= 15 is 0 Å². The highest BCUT2D eigenvalue weighted by molar-refractivity contribution is 5.59. The van der Waals surface area contributed by atoms with Gasteiger partial charge in [0.2, 0.25) is 0 Å². The number of allylic oxidation sites excluding steroid dienone is 1. The van der Waals surface area contributed by atoms with Crippen LogP contribution in [0.2, 0.25) is 0 Å². The van der Waals surface area contributed by atoms with Crippen molar-refractivity contribution in [2.45, 2.75) is 18.9 Å². The third-order valence-corrected chi connectivity index (χ3v) is 4.82. The van der Waals surface area contributed by atoms with Crippen LogP contribution >= 0.6 is 0 Å². The van der Waals surface area contributed by atoms with Gasteiger partial charge >= 0.3 is 0 Å². The molecule has 0 bridgehead atoms. The van der Waals surface area contributed by atoms with Gasteiger partial charge in [-0.05, 0) is 37.1 Å². The van der Waals surface area contributed by atoms with Crippen molar-refractivity contribution in [1.29, 1.82) is 0 Å². The first-order valence-corrected chi connectivity index (χ1v) is 7.95. The summed E-state index contributed by atoms with van der Waals surface area (Å²) in [6.45, 7) is 1.08. The Hall–Kier alpha value is -2.76. The van der Waals surface area contributed by atoms with Gasteiger partial charge < -0.3 is 4.90 Å². The summed E-state index contributed by atoms with van der Waals surface area (Å²) in [4.78, 5) is 6.55. The van der Waals surface area contributed by atoms with Crippen molar-refractivity contribution >= 4 is 11.5 Å². The molecule has 114 valence electrons. The van der Waals surface area contributed by atoms with Crippen LogP contribution in [-0.4, -0.2) is 37.4 Å². The van der Waals surface area contributed by atoms with Crippen LogP contribution in [0.3, 0.4) is 0 Å². The molecule has 1 aliphatic carbocycles. The maximum atomic E-state index is 4.79. The summed E-state index contributed by atoms with van der Waals surface area (Å²) in [6, 6.07) is 8.49. The highest BCUT2D eigenvalue weighted by Crippen LogP contribution is 2.37. The molecule has 0 unspecified atom stereocenters. The van der Waals surface area contributed by atoms with Crippen LogP contribution in [0.5, 0.6) is 0 Å². The van der Waals surface area contributed by atoms with Gasteiger partial charge in [0, 0.05) is 36.5 Å². The van der Waals surface area contributed by atoms with Crippen molar-refractivity contribution in [1.82, 2.24) is 24.8 Å². The summed E-state index contributed by atoms with van der Waals surface area (Å²) in [5.41, 5.74) is 1.68. The van der Waals surface area contributed by atoms with Gasteiger partial charge in [-0.25, -0.2) is 0 Å². The first kappa shape index (κ1) is 12.8. The molecule has 2 aliphatic rings. The van der Waals surface area contributed by atoms with Crippen molar-refractivity contribution in [3.8, 4) is 11.4 Å². The second-order valence-electron chi connectivity index (χ2n) is 6.15. The SMILES string of the molecule is C1=CC[C@H]2[C@@H](C1)CN2c1ccc2nnc(-c3cccnc3)n2n1. The van der Waals surface area contributed by atoms with Gasteiger partial charge in [0.25, 0.3) is 0 Å². The summed E-state index contributed by atoms with van der Waals surface area (Å²) in [5.74, 6) is 2.51. The van der Waals surface area contributed by atoms with Gasteiger partial charge in [0.1, 0.15) is 5.82 Å². The maximum Gasteiger partial charge on any atom is 0.187 e. The Morgan fingerprint density at radius 1 is 1.04 bits per heavy atom. The van der Waals surface area contributed by atoms with E-state index in [9.17, 15) is 0 Å². The number of anilines is 1. The highest BCUT2D eigenvalue weighted by Gasteiger charge is 2.39. The number of pyridine rings is 1. The number of hydrogen-bond donors (Lipinski definition) is 0. The Kier molecular flexibility index (Phi) is 2.70. The van der Waals surface area contributed by atoms with E-state index in [0.717, 1.165) is 41.7 Å². The number of nitrogens with zero attached hydrogens (tertiary/aromatic N) is 6. The molecule has 3 aromatic heterocycles. The molecule has 6 heteroatoms. The van der Waals surface area contributed by atoms with E-state index in [1.807, 2.05) is 28.8 Å². The molecule has 0 N–H and O–H groups in total. The van der Waals surface area contributed by atoms with Gasteiger partial charge in [0.05, 0.1) is 0 Å². The lowest BCUT2D eigenvalue weighted by Crippen LogP contribution is -2.57. The van der Waals surface area contributed by atoms with Gasteiger partial charge in [0.15, 0.2) is 11.5 Å². The normalized spacial score (nSPS) is 22.9. The predicted octanol–water partition coefficient (Wildman–Crippen LogP) is 2.34. The van der Waals surface area contributed by atoms with E-state index in [-0.39, 0.29) is 0 Å². The molecule has 3 aromatic rings. The summed E-state index contributed by atoms with van der Waals surface area (Å²) in [6.07, 6.45) is 10.4. The average molecular weight is 304 g/mol. The van der Waals surface area contributed by atoms with E-state index in [1.165, 1.54) is 6.42 Å². The lowest BCUT2D eigenvalue weighted by molar-refractivity contribution is 0.283. The average Bonchev–Trinajstić information content (AvgIpc) is 3.00. The summed E-state index contributed by atoms with van der Waals surface area (Å²) < 4.78 is 1.82. The molecule has 1 fully saturated rings. The standard InChI is InChI=1S/C17H16N6/c1-2-6-14-13(4-1)11-22(14)16-8-7-15-19-20-17(23(15)21-16)12-5-3-9-18-10-12/h1-3,5,7-10,13-14H,4,6,11H2/t13-,14-/m0/s1. The first-order valence-electron chi connectivity index (χ1n) is 7.95. The first-order chi connectivity index (χ1) is 11.4. The number of aromatic nitrogens is 5. The fourth-order valence-electron chi connectivity index (χ4n) is 3.56. The second kappa shape index (κ2) is 4.87. The van der Waals surface area contributed by atoms with E-state index in [2.05, 4.69) is 32.2 Å². The highest BCUT2D eigenvalue weighted by atomic mass is 15.4. The Morgan fingerprint density at radius 2 is 2.00 bits per heavy atom. The summed E-state index contributed by atoms with van der Waals surface area (Å²) in [7, 11) is 0. The molecule has 0 spiro atoms. The molecule has 0 aromatic carbocycles. The van der Waals surface area contributed by atoms with Crippen molar-refractivity contribution < 1.29 is 0 Å². The molecule has 4 heterocycles. The van der Waals surface area contributed by atoms with Gasteiger partial charge in [-0.1, -0.05) is 12.2 Å². The van der Waals surface area contributed by atoms with Crippen molar-refractivity contribution in [2.75, 3.05) is 11.4 Å². The number of hydrogen-bond acceptors (Lipinski definition) is 5. The van der Waals surface area contributed by atoms with Crippen LogP contribution in [0.15, 0.2) is 48.8 Å². The molecule has 0 amide bonds. The number of rotatable bonds is 2. The predicted molar refractivity (Wildman–Crippen MR) is 87.0 cm³/mol. The lowest BCUT2D eigenvalue weighted by Gasteiger charge is -2.50. The molecule has 5 rings (SSSR count). The fourth-order valence-corrected chi connectivity index (χ4v) is 3.56. The lowest BCUT2D eigenvalue weighted by atomic mass is 9.80. The largest absolute Gasteiger partial charge is 0.351 e. The van der Waals surface area contributed by atoms with Crippen LogP contribution in [0.25, 0.3) is 17.0 Å². The Labute approximate surface area is 133 Å². The quantitative estimate of drug-likeness (QED) is 0.680. The zero-order valence-corrected chi connectivity index (χ0v) is 12.6. The topological polar surface area (TPSA) is 59.2 Å². The van der Waals surface area contributed by atoms with Gasteiger partial charge in [-0.3, -0.25) is 4.98 Å². The minimum atomic E-state index is 0.586. The molecule has 6 nitrogen and oxygen atoms in total. The van der Waals surface area contributed by atoms with E-state index < -0.39 is 0 Å². The van der Waals surface area contributed by atoms with Crippen molar-refractivity contribution in [3.05, 3.63) is 48.8 Å². The molecular formula is C17H16N6. The van der Waals surface area contributed by atoms with Gasteiger partial charge in [-0.2, -0.15) is 4.52 Å². The second-order valence-corrected chi connectivity index (χ2v) is 6.15. The molecule has 1 saturated heterocycles. The van der Waals surface area contributed by atoms with Crippen molar-refractivity contribution in [3.63, 3.8) is 0 Å². The van der Waals surface area contributed by atoms with Crippen LogP contribution in [0, 0.1) is 5.92 Å². The van der Waals surface area contributed by atoms with Crippen LogP contribution in [-0.2, 0) is 0 Å². The van der Waals surface area contributed by atoms with E-state index in [0.29, 0.717) is 6.04 Å². The maximum absolute atomic E-state index is 4.79. The van der Waals surface area contributed by atoms with Crippen LogP contribution in [0.4, 0.5) is 5.82 Å². The minimum Gasteiger partial charge on any atom is -0.351 e. The monoisotopic (exact) mass is 304 g/mol. The Balaban J connectivity index is 1.56. The number of fused-ring (bicyclic) bond motifs is 2. The Morgan fingerprint density at radius 3 is 2.87 bits per heavy atom. The van der Waals surface area contributed by atoms with Crippen molar-refractivity contribution in [2.24, 2.45) is 5.92 Å².